The Morgan fingerprint density at radius 3 is 2.18 bits per heavy atom. The van der Waals surface area contributed by atoms with Crippen LogP contribution < -0.4 is 14.8 Å². The maximum absolute atomic E-state index is 13.2. The van der Waals surface area contributed by atoms with Crippen LogP contribution in [-0.4, -0.2) is 42.5 Å². The topological polar surface area (TPSA) is 67.9 Å². The van der Waals surface area contributed by atoms with E-state index in [9.17, 15) is 9.59 Å². The number of rotatable bonds is 10. The van der Waals surface area contributed by atoms with E-state index in [1.165, 1.54) is 12.0 Å². The summed E-state index contributed by atoms with van der Waals surface area (Å²) in [4.78, 5) is 27.8. The molecule has 1 fully saturated rings. The smallest absolute Gasteiger partial charge is 0.261 e. The van der Waals surface area contributed by atoms with Gasteiger partial charge in [-0.3, -0.25) is 9.59 Å². The third-order valence-electron chi connectivity index (χ3n) is 6.32. The highest BCUT2D eigenvalue weighted by Crippen LogP contribution is 2.19. The Balaban J connectivity index is 1.69. The predicted molar refractivity (Wildman–Crippen MR) is 129 cm³/mol. The van der Waals surface area contributed by atoms with Crippen LogP contribution in [0, 0.1) is 0 Å². The van der Waals surface area contributed by atoms with E-state index in [0.29, 0.717) is 12.3 Å². The van der Waals surface area contributed by atoms with Gasteiger partial charge in [0.1, 0.15) is 17.5 Å². The second-order valence-corrected chi connectivity index (χ2v) is 8.68. The Morgan fingerprint density at radius 1 is 0.970 bits per heavy atom. The molecule has 0 aromatic heterocycles. The molecule has 1 aliphatic rings. The van der Waals surface area contributed by atoms with Crippen LogP contribution in [-0.2, 0) is 22.6 Å². The summed E-state index contributed by atoms with van der Waals surface area (Å²) in [6.07, 6.45) is 6.45. The lowest BCUT2D eigenvalue weighted by molar-refractivity contribution is -0.142. The van der Waals surface area contributed by atoms with Crippen molar-refractivity contribution in [3.8, 4) is 11.5 Å². The van der Waals surface area contributed by atoms with Crippen molar-refractivity contribution in [2.45, 2.75) is 71.0 Å². The van der Waals surface area contributed by atoms with E-state index in [2.05, 4.69) is 12.2 Å². The van der Waals surface area contributed by atoms with Crippen molar-refractivity contribution in [3.05, 3.63) is 59.7 Å². The van der Waals surface area contributed by atoms with Crippen LogP contribution in [0.5, 0.6) is 11.5 Å². The zero-order valence-electron chi connectivity index (χ0n) is 20.0. The van der Waals surface area contributed by atoms with Gasteiger partial charge in [-0.2, -0.15) is 0 Å². The van der Waals surface area contributed by atoms with E-state index >= 15 is 0 Å². The van der Waals surface area contributed by atoms with Gasteiger partial charge < -0.3 is 19.7 Å². The lowest BCUT2D eigenvalue weighted by atomic mass is 9.95. The first-order valence-corrected chi connectivity index (χ1v) is 11.9. The number of carbonyl (C=O) groups is 2. The van der Waals surface area contributed by atoms with Gasteiger partial charge in [0.2, 0.25) is 5.91 Å². The van der Waals surface area contributed by atoms with Gasteiger partial charge in [-0.15, -0.1) is 0 Å². The third kappa shape index (κ3) is 7.24. The van der Waals surface area contributed by atoms with Gasteiger partial charge in [-0.1, -0.05) is 50.5 Å². The molecule has 1 aliphatic carbocycles. The highest BCUT2D eigenvalue weighted by atomic mass is 16.5. The number of benzene rings is 2. The minimum atomic E-state index is -0.604. The summed E-state index contributed by atoms with van der Waals surface area (Å²) < 4.78 is 11.0. The van der Waals surface area contributed by atoms with Crippen LogP contribution in [0.1, 0.15) is 57.1 Å². The van der Waals surface area contributed by atoms with E-state index in [1.807, 2.05) is 48.5 Å². The van der Waals surface area contributed by atoms with E-state index in [-0.39, 0.29) is 24.5 Å². The molecular weight excluding hydrogens is 416 g/mol. The van der Waals surface area contributed by atoms with Gasteiger partial charge in [0.05, 0.1) is 7.11 Å². The van der Waals surface area contributed by atoms with Crippen LogP contribution >= 0.6 is 0 Å². The molecule has 0 spiro atoms. The second kappa shape index (κ2) is 12.3. The standard InChI is InChI=1S/C27H36N2O4/c1-4-21-10-16-25(17-11-21)33-19-26(30)29(18-22-12-14-24(32-3)15-13-22)20(2)27(31)28-23-8-6-5-7-9-23/h10-17,20,23H,4-9,18-19H2,1-3H3,(H,28,31)/t20-/m1/s1. The second-order valence-electron chi connectivity index (χ2n) is 8.68. The SMILES string of the molecule is CCc1ccc(OCC(=O)N(Cc2ccc(OC)cc2)[C@H](C)C(=O)NC2CCCCC2)cc1. The average Bonchev–Trinajstić information content (AvgIpc) is 2.86. The molecule has 6 heteroatoms. The van der Waals surface area contributed by atoms with Crippen molar-refractivity contribution in [2.24, 2.45) is 0 Å². The molecule has 178 valence electrons. The van der Waals surface area contributed by atoms with Gasteiger partial charge in [-0.25, -0.2) is 0 Å². The predicted octanol–water partition coefficient (Wildman–Crippen LogP) is 4.50. The first-order chi connectivity index (χ1) is 16.0. The number of aryl methyl sites for hydroxylation is 1. The van der Waals surface area contributed by atoms with Crippen molar-refractivity contribution in [1.82, 2.24) is 10.2 Å². The van der Waals surface area contributed by atoms with Crippen LogP contribution in [0.4, 0.5) is 0 Å². The van der Waals surface area contributed by atoms with Crippen molar-refractivity contribution in [1.29, 1.82) is 0 Å². The monoisotopic (exact) mass is 452 g/mol. The zero-order valence-corrected chi connectivity index (χ0v) is 20.0. The fourth-order valence-electron chi connectivity index (χ4n) is 4.13. The first-order valence-electron chi connectivity index (χ1n) is 11.9. The molecule has 6 nitrogen and oxygen atoms in total. The molecule has 0 unspecified atom stereocenters. The number of hydrogen-bond acceptors (Lipinski definition) is 4. The first kappa shape index (κ1) is 24.6. The molecule has 1 atom stereocenters. The highest BCUT2D eigenvalue weighted by Gasteiger charge is 2.28. The zero-order chi connectivity index (χ0) is 23.6. The van der Waals surface area contributed by atoms with E-state index < -0.39 is 6.04 Å². The normalized spacial score (nSPS) is 14.9. The molecule has 2 amide bonds. The number of carbonyl (C=O) groups excluding carboxylic acids is 2. The molecule has 2 aromatic carbocycles. The van der Waals surface area contributed by atoms with E-state index in [0.717, 1.165) is 43.4 Å². The van der Waals surface area contributed by atoms with Gasteiger partial charge in [-0.05, 0) is 61.6 Å². The van der Waals surface area contributed by atoms with E-state index in [1.54, 1.807) is 18.9 Å². The largest absolute Gasteiger partial charge is 0.497 e. The van der Waals surface area contributed by atoms with Crippen molar-refractivity contribution < 1.29 is 19.1 Å². The van der Waals surface area contributed by atoms with Crippen LogP contribution in [0.25, 0.3) is 0 Å². The summed E-state index contributed by atoms with van der Waals surface area (Å²) in [6.45, 7) is 4.08. The lowest BCUT2D eigenvalue weighted by Gasteiger charge is -2.31. The molecule has 0 radical (unpaired) electrons. The third-order valence-corrected chi connectivity index (χ3v) is 6.32. The lowest BCUT2D eigenvalue weighted by Crippen LogP contribution is -2.51. The van der Waals surface area contributed by atoms with Crippen LogP contribution in [0.15, 0.2) is 48.5 Å². The molecule has 0 bridgehead atoms. The maximum Gasteiger partial charge on any atom is 0.261 e. The summed E-state index contributed by atoms with van der Waals surface area (Å²) in [6, 6.07) is 14.9. The van der Waals surface area contributed by atoms with Gasteiger partial charge in [0.15, 0.2) is 6.61 Å². The number of ether oxygens (including phenoxy) is 2. The number of nitrogens with one attached hydrogen (secondary N) is 1. The Kier molecular flexibility index (Phi) is 9.16. The van der Waals surface area contributed by atoms with Gasteiger partial charge >= 0.3 is 0 Å². The van der Waals surface area contributed by atoms with Crippen LogP contribution in [0.2, 0.25) is 0 Å². The molecule has 0 saturated heterocycles. The fraction of sp³-hybridized carbons (Fsp3) is 0.481. The number of methoxy groups -OCH3 is 1. The molecule has 2 aromatic rings. The fourth-order valence-corrected chi connectivity index (χ4v) is 4.13. The van der Waals surface area contributed by atoms with Crippen molar-refractivity contribution in [2.75, 3.05) is 13.7 Å². The van der Waals surface area contributed by atoms with Crippen LogP contribution in [0.3, 0.4) is 0 Å². The minimum Gasteiger partial charge on any atom is -0.497 e. The molecule has 1 saturated carbocycles. The summed E-state index contributed by atoms with van der Waals surface area (Å²) in [5.41, 5.74) is 2.14. The maximum atomic E-state index is 13.2. The Labute approximate surface area is 197 Å². The Morgan fingerprint density at radius 2 is 1.58 bits per heavy atom. The molecule has 33 heavy (non-hydrogen) atoms. The quantitative estimate of drug-likeness (QED) is 0.576. The summed E-state index contributed by atoms with van der Waals surface area (Å²) in [7, 11) is 1.62. The summed E-state index contributed by atoms with van der Waals surface area (Å²) in [5.74, 6) is 1.05. The average molecular weight is 453 g/mol. The van der Waals surface area contributed by atoms with E-state index in [4.69, 9.17) is 9.47 Å². The Hall–Kier alpha value is -3.02. The number of amides is 2. The molecule has 0 aliphatic heterocycles. The number of nitrogens with zero attached hydrogens (tertiary/aromatic N) is 1. The molecule has 0 heterocycles. The highest BCUT2D eigenvalue weighted by molar-refractivity contribution is 5.88. The molecule has 3 rings (SSSR count). The minimum absolute atomic E-state index is 0.115. The molecular formula is C27H36N2O4. The van der Waals surface area contributed by atoms with Gasteiger partial charge in [0.25, 0.3) is 5.91 Å². The summed E-state index contributed by atoms with van der Waals surface area (Å²) in [5, 5.41) is 3.15. The Bertz CT molecular complexity index is 889. The summed E-state index contributed by atoms with van der Waals surface area (Å²) >= 11 is 0. The van der Waals surface area contributed by atoms with Gasteiger partial charge in [0, 0.05) is 12.6 Å². The molecule has 1 N–H and O–H groups in total. The number of hydrogen-bond donors (Lipinski definition) is 1. The van der Waals surface area contributed by atoms with Crippen molar-refractivity contribution in [3.63, 3.8) is 0 Å². The van der Waals surface area contributed by atoms with Crippen molar-refractivity contribution >= 4 is 11.8 Å².